The largest absolute Gasteiger partial charge is 0.493 e. The fourth-order valence-corrected chi connectivity index (χ4v) is 3.96. The minimum Gasteiger partial charge on any atom is -0.493 e. The molecule has 0 atom stereocenters. The zero-order valence-electron chi connectivity index (χ0n) is 20.8. The van der Waals surface area contributed by atoms with E-state index in [4.69, 9.17) is 24.2 Å². The second kappa shape index (κ2) is 12.2. The SMILES string of the molecule is COC(=O)c1c(COC(=O)C=Cc2ccc(OCC#N)c(OC)c2)nc2ccccc2c1-c1ccccc1. The lowest BCUT2D eigenvalue weighted by Crippen LogP contribution is -2.13. The summed E-state index contributed by atoms with van der Waals surface area (Å²) in [6, 6.07) is 23.8. The van der Waals surface area contributed by atoms with E-state index in [0.717, 1.165) is 10.9 Å². The zero-order chi connectivity index (χ0) is 26.9. The number of pyridine rings is 1. The van der Waals surface area contributed by atoms with Crippen LogP contribution in [0.2, 0.25) is 0 Å². The predicted molar refractivity (Wildman–Crippen MR) is 141 cm³/mol. The van der Waals surface area contributed by atoms with E-state index in [2.05, 4.69) is 4.98 Å². The number of hydrogen-bond acceptors (Lipinski definition) is 8. The highest BCUT2D eigenvalue weighted by molar-refractivity contribution is 6.07. The van der Waals surface area contributed by atoms with Crippen molar-refractivity contribution in [3.8, 4) is 28.7 Å². The molecule has 0 fully saturated rings. The smallest absolute Gasteiger partial charge is 0.340 e. The number of carbonyl (C=O) groups is 2. The highest BCUT2D eigenvalue weighted by Crippen LogP contribution is 2.34. The van der Waals surface area contributed by atoms with Crippen molar-refractivity contribution in [1.82, 2.24) is 4.98 Å². The maximum atomic E-state index is 12.9. The summed E-state index contributed by atoms with van der Waals surface area (Å²) in [5.41, 5.74) is 3.33. The van der Waals surface area contributed by atoms with Crippen molar-refractivity contribution in [3.63, 3.8) is 0 Å². The number of ether oxygens (including phenoxy) is 4. The van der Waals surface area contributed by atoms with Crippen molar-refractivity contribution in [2.24, 2.45) is 0 Å². The van der Waals surface area contributed by atoms with Gasteiger partial charge in [-0.2, -0.15) is 5.26 Å². The number of nitriles is 1. The van der Waals surface area contributed by atoms with E-state index in [0.29, 0.717) is 28.1 Å². The molecule has 0 aliphatic rings. The van der Waals surface area contributed by atoms with Crippen LogP contribution < -0.4 is 9.47 Å². The monoisotopic (exact) mass is 508 g/mol. The molecule has 8 heteroatoms. The number of para-hydroxylation sites is 1. The van der Waals surface area contributed by atoms with Gasteiger partial charge < -0.3 is 18.9 Å². The van der Waals surface area contributed by atoms with Crippen LogP contribution in [0.1, 0.15) is 21.6 Å². The summed E-state index contributed by atoms with van der Waals surface area (Å²) in [6.45, 7) is -0.344. The molecule has 190 valence electrons. The van der Waals surface area contributed by atoms with Gasteiger partial charge in [0, 0.05) is 17.0 Å². The molecule has 0 N–H and O–H groups in total. The number of carbonyl (C=O) groups excluding carboxylic acids is 2. The number of esters is 2. The molecule has 0 aliphatic carbocycles. The van der Waals surface area contributed by atoms with Gasteiger partial charge in [-0.05, 0) is 35.4 Å². The van der Waals surface area contributed by atoms with Gasteiger partial charge in [-0.25, -0.2) is 14.6 Å². The van der Waals surface area contributed by atoms with Crippen molar-refractivity contribution in [1.29, 1.82) is 5.26 Å². The molecule has 0 radical (unpaired) electrons. The van der Waals surface area contributed by atoms with Crippen LogP contribution in [0.5, 0.6) is 11.5 Å². The summed E-state index contributed by atoms with van der Waals surface area (Å²) >= 11 is 0. The number of benzene rings is 3. The third kappa shape index (κ3) is 5.79. The minimum absolute atomic E-state index is 0.111. The van der Waals surface area contributed by atoms with Crippen molar-refractivity contribution in [2.45, 2.75) is 6.61 Å². The summed E-state index contributed by atoms with van der Waals surface area (Å²) in [7, 11) is 2.78. The van der Waals surface area contributed by atoms with Gasteiger partial charge in [0.1, 0.15) is 12.7 Å². The van der Waals surface area contributed by atoms with Gasteiger partial charge in [-0.15, -0.1) is 0 Å². The molecular formula is C30H24N2O6. The third-order valence-corrected chi connectivity index (χ3v) is 5.66. The van der Waals surface area contributed by atoms with E-state index in [-0.39, 0.29) is 24.5 Å². The van der Waals surface area contributed by atoms with Crippen LogP contribution in [-0.2, 0) is 20.9 Å². The summed E-state index contributed by atoms with van der Waals surface area (Å²) in [5.74, 6) is -0.358. The number of methoxy groups -OCH3 is 2. The zero-order valence-corrected chi connectivity index (χ0v) is 20.8. The van der Waals surface area contributed by atoms with Crippen LogP contribution in [0.25, 0.3) is 28.1 Å². The first kappa shape index (κ1) is 25.9. The Hall–Kier alpha value is -5.16. The molecule has 0 spiro atoms. The molecule has 1 heterocycles. The van der Waals surface area contributed by atoms with E-state index in [9.17, 15) is 9.59 Å². The van der Waals surface area contributed by atoms with Gasteiger partial charge in [0.05, 0.1) is 31.0 Å². The number of aromatic nitrogens is 1. The van der Waals surface area contributed by atoms with Gasteiger partial charge >= 0.3 is 11.9 Å². The molecular weight excluding hydrogens is 484 g/mol. The minimum atomic E-state index is -0.624. The number of fused-ring (bicyclic) bond motifs is 1. The second-order valence-corrected chi connectivity index (χ2v) is 7.98. The topological polar surface area (TPSA) is 108 Å². The van der Waals surface area contributed by atoms with Gasteiger partial charge in [-0.3, -0.25) is 0 Å². The first-order valence-electron chi connectivity index (χ1n) is 11.6. The average molecular weight is 509 g/mol. The Bertz CT molecular complexity index is 1540. The van der Waals surface area contributed by atoms with Crippen molar-refractivity contribution >= 4 is 28.9 Å². The van der Waals surface area contributed by atoms with E-state index in [1.807, 2.05) is 60.7 Å². The van der Waals surface area contributed by atoms with Crippen LogP contribution in [0.4, 0.5) is 0 Å². The van der Waals surface area contributed by atoms with Gasteiger partial charge in [-0.1, -0.05) is 54.6 Å². The first-order valence-corrected chi connectivity index (χ1v) is 11.6. The van der Waals surface area contributed by atoms with E-state index in [1.54, 1.807) is 24.3 Å². The Morgan fingerprint density at radius 1 is 0.974 bits per heavy atom. The number of nitrogens with zero attached hydrogens (tertiary/aromatic N) is 2. The summed E-state index contributed by atoms with van der Waals surface area (Å²) in [6.07, 6.45) is 2.82. The standard InChI is InChI=1S/C30H24N2O6/c1-35-26-18-20(12-14-25(26)37-17-16-31)13-15-27(33)38-19-24-29(30(34)36-2)28(21-8-4-3-5-9-21)22-10-6-7-11-23(22)32-24/h3-15,18H,17,19H2,1-2H3. The molecule has 4 rings (SSSR count). The van der Waals surface area contributed by atoms with Gasteiger partial charge in [0.15, 0.2) is 18.1 Å². The van der Waals surface area contributed by atoms with E-state index < -0.39 is 11.9 Å². The van der Waals surface area contributed by atoms with Crippen LogP contribution in [0, 0.1) is 11.3 Å². The van der Waals surface area contributed by atoms with Gasteiger partial charge in [0.25, 0.3) is 0 Å². The van der Waals surface area contributed by atoms with Crippen molar-refractivity contribution in [2.75, 3.05) is 20.8 Å². The fourth-order valence-electron chi connectivity index (χ4n) is 3.96. The quantitative estimate of drug-likeness (QED) is 0.220. The molecule has 1 aromatic heterocycles. The average Bonchev–Trinajstić information content (AvgIpc) is 2.97. The second-order valence-electron chi connectivity index (χ2n) is 7.98. The molecule has 38 heavy (non-hydrogen) atoms. The molecule has 8 nitrogen and oxygen atoms in total. The number of hydrogen-bond donors (Lipinski definition) is 0. The number of rotatable bonds is 9. The maximum Gasteiger partial charge on any atom is 0.340 e. The Kier molecular flexibility index (Phi) is 8.32. The molecule has 0 unspecified atom stereocenters. The molecule has 0 bridgehead atoms. The predicted octanol–water partition coefficient (Wildman–Crippen LogP) is 5.36. The van der Waals surface area contributed by atoms with Gasteiger partial charge in [0.2, 0.25) is 0 Å². The molecule has 0 saturated heterocycles. The lowest BCUT2D eigenvalue weighted by Gasteiger charge is -2.16. The first-order chi connectivity index (χ1) is 18.5. The van der Waals surface area contributed by atoms with Crippen molar-refractivity contribution in [3.05, 3.63) is 95.7 Å². The Balaban J connectivity index is 1.61. The lowest BCUT2D eigenvalue weighted by molar-refractivity contribution is -0.139. The summed E-state index contributed by atoms with van der Waals surface area (Å²) in [5, 5.41) is 9.48. The lowest BCUT2D eigenvalue weighted by atomic mass is 9.94. The molecule has 3 aromatic carbocycles. The highest BCUT2D eigenvalue weighted by atomic mass is 16.5. The highest BCUT2D eigenvalue weighted by Gasteiger charge is 2.23. The Morgan fingerprint density at radius 2 is 1.74 bits per heavy atom. The Morgan fingerprint density at radius 3 is 2.47 bits per heavy atom. The molecule has 0 saturated carbocycles. The van der Waals surface area contributed by atoms with Crippen LogP contribution in [-0.4, -0.2) is 37.7 Å². The summed E-state index contributed by atoms with van der Waals surface area (Å²) in [4.78, 5) is 30.1. The van der Waals surface area contributed by atoms with Crippen LogP contribution in [0.15, 0.2) is 78.9 Å². The van der Waals surface area contributed by atoms with Crippen LogP contribution >= 0.6 is 0 Å². The normalized spacial score (nSPS) is 10.7. The van der Waals surface area contributed by atoms with E-state index >= 15 is 0 Å². The summed E-state index contributed by atoms with van der Waals surface area (Å²) < 4.78 is 21.2. The third-order valence-electron chi connectivity index (χ3n) is 5.66. The molecule has 4 aromatic rings. The van der Waals surface area contributed by atoms with Crippen molar-refractivity contribution < 1.29 is 28.5 Å². The maximum absolute atomic E-state index is 12.9. The Labute approximate surface area is 219 Å². The fraction of sp³-hybridized carbons (Fsp3) is 0.133. The molecule has 0 amide bonds. The molecule has 0 aliphatic heterocycles. The van der Waals surface area contributed by atoms with E-state index in [1.165, 1.54) is 20.3 Å². The van der Waals surface area contributed by atoms with Crippen LogP contribution in [0.3, 0.4) is 0 Å².